The van der Waals surface area contributed by atoms with Crippen LogP contribution in [0.3, 0.4) is 0 Å². The maximum Gasteiger partial charge on any atom is 0.203 e. The van der Waals surface area contributed by atoms with Crippen molar-refractivity contribution >= 4 is 17.2 Å². The van der Waals surface area contributed by atoms with Gasteiger partial charge in [0, 0.05) is 18.9 Å². The van der Waals surface area contributed by atoms with Gasteiger partial charge in [0.1, 0.15) is 5.69 Å². The first-order valence-electron chi connectivity index (χ1n) is 8.08. The minimum absolute atomic E-state index is 0.634. The molecule has 1 aromatic carbocycles. The van der Waals surface area contributed by atoms with Crippen LogP contribution in [0.5, 0.6) is 0 Å². The number of anilines is 2. The summed E-state index contributed by atoms with van der Waals surface area (Å²) in [6.45, 7) is 4.08. The molecule has 0 aliphatic rings. The molecule has 0 N–H and O–H groups in total. The van der Waals surface area contributed by atoms with Crippen LogP contribution in [-0.2, 0) is 0 Å². The minimum Gasteiger partial charge on any atom is -0.328 e. The van der Waals surface area contributed by atoms with Crippen LogP contribution in [0.4, 0.5) is 11.5 Å². The summed E-state index contributed by atoms with van der Waals surface area (Å²) in [4.78, 5) is 6.48. The van der Waals surface area contributed by atoms with Gasteiger partial charge in [-0.1, -0.05) is 18.2 Å². The second-order valence-electron chi connectivity index (χ2n) is 6.10. The Bertz CT molecular complexity index is 1040. The first kappa shape index (κ1) is 15.3. The number of rotatable bonds is 3. The molecule has 0 saturated carbocycles. The van der Waals surface area contributed by atoms with Crippen LogP contribution in [0, 0.1) is 13.8 Å². The van der Waals surface area contributed by atoms with Crippen molar-refractivity contribution in [2.75, 3.05) is 11.9 Å². The van der Waals surface area contributed by atoms with E-state index < -0.39 is 0 Å². The van der Waals surface area contributed by atoms with E-state index >= 15 is 0 Å². The molecule has 0 aliphatic heterocycles. The molecule has 6 nitrogen and oxygen atoms in total. The van der Waals surface area contributed by atoms with Crippen LogP contribution in [0.1, 0.15) is 11.1 Å². The lowest BCUT2D eigenvalue weighted by molar-refractivity contribution is 0.910. The largest absolute Gasteiger partial charge is 0.328 e. The van der Waals surface area contributed by atoms with Crippen molar-refractivity contribution in [1.29, 1.82) is 0 Å². The molecule has 0 amide bonds. The van der Waals surface area contributed by atoms with E-state index in [4.69, 9.17) is 5.10 Å². The lowest BCUT2D eigenvalue weighted by Gasteiger charge is -2.18. The van der Waals surface area contributed by atoms with E-state index in [1.54, 1.807) is 4.52 Å². The summed E-state index contributed by atoms with van der Waals surface area (Å²) in [5, 5.41) is 13.2. The zero-order valence-electron chi connectivity index (χ0n) is 14.4. The molecule has 0 atom stereocenters. The lowest BCUT2D eigenvalue weighted by Crippen LogP contribution is -2.13. The number of benzene rings is 1. The van der Waals surface area contributed by atoms with Crippen molar-refractivity contribution < 1.29 is 0 Å². The standard InChI is InChI=1S/C19H18N6/c1-13-5-4-6-15(11-13)24(3)18-10-9-17-21-22-19(25(17)23-18)16-8-7-14(2)12-20-16/h4-12H,1-3H3. The Kier molecular flexibility index (Phi) is 3.65. The van der Waals surface area contributed by atoms with E-state index in [0.29, 0.717) is 11.5 Å². The van der Waals surface area contributed by atoms with E-state index in [2.05, 4.69) is 40.3 Å². The molecule has 25 heavy (non-hydrogen) atoms. The van der Waals surface area contributed by atoms with E-state index in [1.165, 1.54) is 5.56 Å². The fourth-order valence-corrected chi connectivity index (χ4v) is 2.69. The zero-order valence-corrected chi connectivity index (χ0v) is 14.4. The lowest BCUT2D eigenvalue weighted by atomic mass is 10.2. The Hall–Kier alpha value is -3.28. The van der Waals surface area contributed by atoms with Gasteiger partial charge in [0.15, 0.2) is 11.5 Å². The molecule has 0 radical (unpaired) electrons. The summed E-state index contributed by atoms with van der Waals surface area (Å²) in [7, 11) is 2.00. The average molecular weight is 330 g/mol. The molecule has 124 valence electrons. The van der Waals surface area contributed by atoms with E-state index in [-0.39, 0.29) is 0 Å². The van der Waals surface area contributed by atoms with Crippen LogP contribution < -0.4 is 4.90 Å². The number of hydrogen-bond donors (Lipinski definition) is 0. The molecule has 4 rings (SSSR count). The summed E-state index contributed by atoms with van der Waals surface area (Å²) in [5.41, 5.74) is 4.83. The summed E-state index contributed by atoms with van der Waals surface area (Å²) < 4.78 is 1.74. The number of nitrogens with zero attached hydrogens (tertiary/aromatic N) is 6. The van der Waals surface area contributed by atoms with Crippen molar-refractivity contribution in [1.82, 2.24) is 24.8 Å². The average Bonchev–Trinajstić information content (AvgIpc) is 3.05. The molecule has 0 bridgehead atoms. The third-order valence-electron chi connectivity index (χ3n) is 4.12. The Morgan fingerprint density at radius 3 is 2.56 bits per heavy atom. The fourth-order valence-electron chi connectivity index (χ4n) is 2.69. The Morgan fingerprint density at radius 1 is 0.920 bits per heavy atom. The topological polar surface area (TPSA) is 59.2 Å². The van der Waals surface area contributed by atoms with Gasteiger partial charge < -0.3 is 4.90 Å². The molecule has 0 spiro atoms. The summed E-state index contributed by atoms with van der Waals surface area (Å²) in [5.74, 6) is 1.45. The first-order valence-corrected chi connectivity index (χ1v) is 8.08. The normalized spacial score (nSPS) is 11.0. The van der Waals surface area contributed by atoms with Crippen molar-refractivity contribution in [3.63, 3.8) is 0 Å². The molecule has 6 heteroatoms. The number of aromatic nitrogens is 5. The van der Waals surface area contributed by atoms with Crippen molar-refractivity contribution in [2.45, 2.75) is 13.8 Å². The molecule has 4 aromatic rings. The molecule has 3 heterocycles. The van der Waals surface area contributed by atoms with Gasteiger partial charge in [0.05, 0.1) is 0 Å². The molecule has 3 aromatic heterocycles. The third kappa shape index (κ3) is 2.82. The number of hydrogen-bond acceptors (Lipinski definition) is 5. The monoisotopic (exact) mass is 330 g/mol. The maximum absolute atomic E-state index is 4.72. The van der Waals surface area contributed by atoms with E-state index in [9.17, 15) is 0 Å². The van der Waals surface area contributed by atoms with Crippen LogP contribution in [-0.4, -0.2) is 31.8 Å². The number of aryl methyl sites for hydroxylation is 2. The predicted octanol–water partition coefficient (Wildman–Crippen LogP) is 3.57. The third-order valence-corrected chi connectivity index (χ3v) is 4.12. The Labute approximate surface area is 145 Å². The van der Waals surface area contributed by atoms with Crippen molar-refractivity contribution in [2.24, 2.45) is 0 Å². The van der Waals surface area contributed by atoms with Crippen molar-refractivity contribution in [3.8, 4) is 11.5 Å². The molecule has 0 saturated heterocycles. The second-order valence-corrected chi connectivity index (χ2v) is 6.10. The van der Waals surface area contributed by atoms with Gasteiger partial charge in [-0.05, 0) is 55.3 Å². The Balaban J connectivity index is 1.79. The first-order chi connectivity index (χ1) is 12.1. The number of fused-ring (bicyclic) bond motifs is 1. The van der Waals surface area contributed by atoms with E-state index in [0.717, 1.165) is 22.8 Å². The second kappa shape index (κ2) is 5.98. The van der Waals surface area contributed by atoms with Gasteiger partial charge in [0.2, 0.25) is 5.82 Å². The van der Waals surface area contributed by atoms with Gasteiger partial charge in [-0.25, -0.2) is 0 Å². The molecular formula is C19H18N6. The minimum atomic E-state index is 0.634. The van der Waals surface area contributed by atoms with Crippen LogP contribution >= 0.6 is 0 Å². The van der Waals surface area contributed by atoms with Gasteiger partial charge >= 0.3 is 0 Å². The van der Waals surface area contributed by atoms with Crippen LogP contribution in [0.25, 0.3) is 17.2 Å². The van der Waals surface area contributed by atoms with Crippen molar-refractivity contribution in [3.05, 3.63) is 65.9 Å². The highest BCUT2D eigenvalue weighted by Crippen LogP contribution is 2.24. The SMILES string of the molecule is Cc1ccc(-c2nnc3ccc(N(C)c4cccc(C)c4)nn23)nc1. The smallest absolute Gasteiger partial charge is 0.203 e. The summed E-state index contributed by atoms with van der Waals surface area (Å²) >= 11 is 0. The summed E-state index contributed by atoms with van der Waals surface area (Å²) in [6, 6.07) is 16.1. The molecule has 0 unspecified atom stereocenters. The van der Waals surface area contributed by atoms with Crippen LogP contribution in [0.2, 0.25) is 0 Å². The predicted molar refractivity (Wildman–Crippen MR) is 98.0 cm³/mol. The Morgan fingerprint density at radius 2 is 1.80 bits per heavy atom. The quantitative estimate of drug-likeness (QED) is 0.575. The highest BCUT2D eigenvalue weighted by Gasteiger charge is 2.13. The highest BCUT2D eigenvalue weighted by atomic mass is 15.4. The molecular weight excluding hydrogens is 312 g/mol. The fraction of sp³-hybridized carbons (Fsp3) is 0.158. The zero-order chi connectivity index (χ0) is 17.4. The van der Waals surface area contributed by atoms with Gasteiger partial charge in [0.25, 0.3) is 0 Å². The van der Waals surface area contributed by atoms with E-state index in [1.807, 2.05) is 55.4 Å². The maximum atomic E-state index is 4.72. The summed E-state index contributed by atoms with van der Waals surface area (Å²) in [6.07, 6.45) is 1.82. The highest BCUT2D eigenvalue weighted by molar-refractivity contribution is 5.62. The van der Waals surface area contributed by atoms with Gasteiger partial charge in [-0.2, -0.15) is 4.52 Å². The molecule has 0 fully saturated rings. The molecule has 0 aliphatic carbocycles. The van der Waals surface area contributed by atoms with Gasteiger partial charge in [-0.15, -0.1) is 15.3 Å². The van der Waals surface area contributed by atoms with Gasteiger partial charge in [-0.3, -0.25) is 4.98 Å². The number of pyridine rings is 1. The van der Waals surface area contributed by atoms with Crippen LogP contribution in [0.15, 0.2) is 54.7 Å².